The Morgan fingerprint density at radius 3 is 2.81 bits per heavy atom. The molecule has 27 heavy (non-hydrogen) atoms. The van der Waals surface area contributed by atoms with Gasteiger partial charge in [0, 0.05) is 6.92 Å². The van der Waals surface area contributed by atoms with Crippen LogP contribution in [0.5, 0.6) is 11.5 Å². The summed E-state index contributed by atoms with van der Waals surface area (Å²) < 4.78 is 12.5. The van der Waals surface area contributed by atoms with Gasteiger partial charge >= 0.3 is 5.97 Å². The molecule has 0 spiro atoms. The molecule has 0 radical (unpaired) electrons. The average Bonchev–Trinajstić information content (AvgIpc) is 3.13. The highest BCUT2D eigenvalue weighted by molar-refractivity contribution is 7.15. The number of thiazole rings is 1. The Kier molecular flexibility index (Phi) is 4.33. The van der Waals surface area contributed by atoms with Crippen molar-refractivity contribution in [2.75, 3.05) is 7.11 Å². The number of carbonyl (C=O) groups excluding carboxylic acids is 1. The second-order valence-electron chi connectivity index (χ2n) is 5.76. The van der Waals surface area contributed by atoms with Gasteiger partial charge in [-0.3, -0.25) is 9.59 Å². The maximum absolute atomic E-state index is 12.8. The van der Waals surface area contributed by atoms with Crippen LogP contribution in [-0.2, 0) is 4.79 Å². The predicted molar refractivity (Wildman–Crippen MR) is 105 cm³/mol. The molecule has 0 saturated carbocycles. The van der Waals surface area contributed by atoms with Crippen LogP contribution in [0, 0.1) is 0 Å². The molecular formula is C19H13ClN2O4S. The highest BCUT2D eigenvalue weighted by Gasteiger charge is 2.15. The summed E-state index contributed by atoms with van der Waals surface area (Å²) >= 11 is 7.52. The van der Waals surface area contributed by atoms with Crippen LogP contribution in [0.1, 0.15) is 12.5 Å². The zero-order valence-corrected chi connectivity index (χ0v) is 15.9. The third kappa shape index (κ3) is 3.05. The van der Waals surface area contributed by atoms with Gasteiger partial charge in [0.1, 0.15) is 0 Å². The van der Waals surface area contributed by atoms with Crippen LogP contribution < -0.4 is 19.6 Å². The fourth-order valence-corrected chi connectivity index (χ4v) is 4.07. The molecule has 0 bridgehead atoms. The number of ether oxygens (including phenoxy) is 2. The van der Waals surface area contributed by atoms with Crippen LogP contribution in [0.2, 0.25) is 5.02 Å². The molecule has 0 amide bonds. The van der Waals surface area contributed by atoms with E-state index in [1.807, 2.05) is 24.3 Å². The first kappa shape index (κ1) is 17.5. The number of rotatable bonds is 3. The summed E-state index contributed by atoms with van der Waals surface area (Å²) in [4.78, 5) is 29.2. The molecule has 4 rings (SSSR count). The van der Waals surface area contributed by atoms with E-state index in [1.54, 1.807) is 22.6 Å². The third-order valence-corrected chi connectivity index (χ3v) is 5.19. The van der Waals surface area contributed by atoms with E-state index in [0.29, 0.717) is 20.8 Å². The molecule has 0 aliphatic carbocycles. The van der Waals surface area contributed by atoms with Crippen molar-refractivity contribution in [2.45, 2.75) is 6.92 Å². The number of para-hydroxylation sites is 2. The highest BCUT2D eigenvalue weighted by Crippen LogP contribution is 2.36. The quantitative estimate of drug-likeness (QED) is 0.390. The Balaban J connectivity index is 1.89. The highest BCUT2D eigenvalue weighted by atomic mass is 35.5. The first-order valence-corrected chi connectivity index (χ1v) is 9.15. The van der Waals surface area contributed by atoms with Crippen LogP contribution in [0.25, 0.3) is 22.1 Å². The lowest BCUT2D eigenvalue weighted by Crippen LogP contribution is -2.22. The topological polar surface area (TPSA) is 69.9 Å². The molecule has 2 aromatic heterocycles. The van der Waals surface area contributed by atoms with Crippen molar-refractivity contribution in [2.24, 2.45) is 0 Å². The van der Waals surface area contributed by atoms with E-state index < -0.39 is 5.97 Å². The van der Waals surface area contributed by atoms with Crippen LogP contribution in [0.3, 0.4) is 0 Å². The van der Waals surface area contributed by atoms with Gasteiger partial charge in [0.25, 0.3) is 5.56 Å². The molecule has 6 nitrogen and oxygen atoms in total. The van der Waals surface area contributed by atoms with E-state index >= 15 is 0 Å². The minimum Gasteiger partial charge on any atom is -0.493 e. The second kappa shape index (κ2) is 6.68. The number of imidazole rings is 1. The molecule has 0 aliphatic rings. The number of fused-ring (bicyclic) bond motifs is 3. The maximum Gasteiger partial charge on any atom is 0.308 e. The van der Waals surface area contributed by atoms with Crippen molar-refractivity contribution < 1.29 is 14.3 Å². The Bertz CT molecular complexity index is 1310. The number of esters is 1. The van der Waals surface area contributed by atoms with Gasteiger partial charge < -0.3 is 9.47 Å². The zero-order chi connectivity index (χ0) is 19.1. The summed E-state index contributed by atoms with van der Waals surface area (Å²) in [6.45, 7) is 1.28. The van der Waals surface area contributed by atoms with Gasteiger partial charge in [-0.1, -0.05) is 35.1 Å². The molecule has 2 aromatic carbocycles. The normalized spacial score (nSPS) is 12.0. The fourth-order valence-electron chi connectivity index (χ4n) is 2.83. The Labute approximate surface area is 162 Å². The molecule has 0 fully saturated rings. The van der Waals surface area contributed by atoms with Gasteiger partial charge in [-0.05, 0) is 35.9 Å². The summed E-state index contributed by atoms with van der Waals surface area (Å²) in [7, 11) is 1.45. The molecule has 136 valence electrons. The first-order valence-electron chi connectivity index (χ1n) is 7.95. The number of hydrogen-bond donors (Lipinski definition) is 0. The van der Waals surface area contributed by atoms with Crippen LogP contribution in [0.4, 0.5) is 0 Å². The number of methoxy groups -OCH3 is 1. The lowest BCUT2D eigenvalue weighted by Gasteiger charge is -2.10. The average molecular weight is 401 g/mol. The summed E-state index contributed by atoms with van der Waals surface area (Å²) in [5, 5.41) is 0.218. The second-order valence-corrected chi connectivity index (χ2v) is 7.18. The maximum atomic E-state index is 12.8. The molecule has 2 heterocycles. The number of nitrogens with zero attached hydrogens (tertiary/aromatic N) is 2. The smallest absolute Gasteiger partial charge is 0.308 e. The van der Waals surface area contributed by atoms with E-state index in [4.69, 9.17) is 21.1 Å². The minimum absolute atomic E-state index is 0.150. The van der Waals surface area contributed by atoms with E-state index in [9.17, 15) is 9.59 Å². The Morgan fingerprint density at radius 2 is 2.07 bits per heavy atom. The van der Waals surface area contributed by atoms with Gasteiger partial charge in [-0.15, -0.1) is 0 Å². The molecule has 0 N–H and O–H groups in total. The number of benzene rings is 2. The van der Waals surface area contributed by atoms with Crippen molar-refractivity contribution >= 4 is 51.0 Å². The monoisotopic (exact) mass is 400 g/mol. The van der Waals surface area contributed by atoms with Crippen molar-refractivity contribution in [3.05, 3.63) is 61.9 Å². The van der Waals surface area contributed by atoms with Crippen LogP contribution >= 0.6 is 22.9 Å². The van der Waals surface area contributed by atoms with Gasteiger partial charge in [0.15, 0.2) is 16.5 Å². The molecule has 0 unspecified atom stereocenters. The van der Waals surface area contributed by atoms with Crippen LogP contribution in [-0.4, -0.2) is 22.5 Å². The van der Waals surface area contributed by atoms with Gasteiger partial charge in [0.2, 0.25) is 0 Å². The van der Waals surface area contributed by atoms with Gasteiger partial charge in [0.05, 0.1) is 27.7 Å². The molecule has 0 aliphatic heterocycles. The van der Waals surface area contributed by atoms with Crippen molar-refractivity contribution in [3.63, 3.8) is 0 Å². The molecule has 4 aromatic rings. The van der Waals surface area contributed by atoms with Crippen molar-refractivity contribution in [1.29, 1.82) is 0 Å². The van der Waals surface area contributed by atoms with E-state index in [2.05, 4.69) is 4.98 Å². The van der Waals surface area contributed by atoms with E-state index in [-0.39, 0.29) is 16.3 Å². The van der Waals surface area contributed by atoms with Crippen LogP contribution in [0.15, 0.2) is 41.2 Å². The number of hydrogen-bond acceptors (Lipinski definition) is 6. The largest absolute Gasteiger partial charge is 0.493 e. The van der Waals surface area contributed by atoms with E-state index in [0.717, 1.165) is 11.0 Å². The summed E-state index contributed by atoms with van der Waals surface area (Å²) in [5.41, 5.74) is 2.05. The summed E-state index contributed by atoms with van der Waals surface area (Å²) in [6.07, 6.45) is 1.71. The lowest BCUT2D eigenvalue weighted by atomic mass is 10.2. The molecule has 0 atom stereocenters. The third-order valence-electron chi connectivity index (χ3n) is 3.94. The zero-order valence-electron chi connectivity index (χ0n) is 14.4. The number of halogens is 1. The Hall–Kier alpha value is -2.90. The Morgan fingerprint density at radius 1 is 1.30 bits per heavy atom. The molecule has 8 heteroatoms. The predicted octanol–water partition coefficient (Wildman–Crippen LogP) is 3.04. The van der Waals surface area contributed by atoms with E-state index in [1.165, 1.54) is 25.4 Å². The molecule has 0 saturated heterocycles. The van der Waals surface area contributed by atoms with Gasteiger partial charge in [-0.25, -0.2) is 9.38 Å². The molecular weight excluding hydrogens is 388 g/mol. The van der Waals surface area contributed by atoms with Gasteiger partial charge in [-0.2, -0.15) is 0 Å². The minimum atomic E-state index is -0.500. The number of carbonyl (C=O) groups is 1. The lowest BCUT2D eigenvalue weighted by molar-refractivity contribution is -0.132. The number of aromatic nitrogens is 2. The standard InChI is InChI=1S/C19H13ClN2O4S/c1-10(23)26-17-12(20)7-11(8-15(17)25-2)9-16-18(24)22-14-6-4-3-5-13(14)21-19(22)27-16/h3-9H,1-2H3/b16-9-. The first-order chi connectivity index (χ1) is 13.0. The van der Waals surface area contributed by atoms with Crippen molar-refractivity contribution in [3.8, 4) is 11.5 Å². The van der Waals surface area contributed by atoms with Crippen molar-refractivity contribution in [1.82, 2.24) is 9.38 Å². The fraction of sp³-hybridized carbons (Fsp3) is 0.105. The summed E-state index contributed by atoms with van der Waals surface area (Å²) in [5.74, 6) is -0.0403. The summed E-state index contributed by atoms with van der Waals surface area (Å²) in [6, 6.07) is 10.8. The SMILES string of the molecule is COc1cc(/C=c2\sc3nc4ccccc4n3c2=O)cc(Cl)c1OC(C)=O.